The number of rotatable bonds is 4. The van der Waals surface area contributed by atoms with Crippen LogP contribution in [0.3, 0.4) is 0 Å². The number of likely N-dealkylation sites (tertiary alicyclic amines) is 1. The van der Waals surface area contributed by atoms with Crippen LogP contribution in [0.25, 0.3) is 0 Å². The second-order valence-corrected chi connectivity index (χ2v) is 10.1. The van der Waals surface area contributed by atoms with Crippen molar-refractivity contribution >= 4 is 50.9 Å². The SMILES string of the molecule is Cc1cc(Br)c(Cl)cc1NC(=O)CN1C(=O)[C@@H]2[C@H]3C[C@@H]([C@@H]2C1=O)[C@H](c1ccccc1)C3. The first kappa shape index (κ1) is 20.7. The highest BCUT2D eigenvalue weighted by atomic mass is 79.9. The summed E-state index contributed by atoms with van der Waals surface area (Å²) in [5, 5.41) is 3.27. The van der Waals surface area contributed by atoms with Gasteiger partial charge in [-0.3, -0.25) is 19.3 Å². The molecule has 5 rings (SSSR count). The van der Waals surface area contributed by atoms with Gasteiger partial charge in [-0.1, -0.05) is 41.9 Å². The third kappa shape index (κ3) is 3.40. The summed E-state index contributed by atoms with van der Waals surface area (Å²) in [7, 11) is 0. The van der Waals surface area contributed by atoms with E-state index in [0.717, 1.165) is 22.9 Å². The van der Waals surface area contributed by atoms with Crippen LogP contribution in [0.1, 0.15) is 29.9 Å². The second-order valence-electron chi connectivity index (χ2n) is 8.86. The molecule has 7 heteroatoms. The minimum absolute atomic E-state index is 0.175. The molecule has 5 nitrogen and oxygen atoms in total. The van der Waals surface area contributed by atoms with Gasteiger partial charge >= 0.3 is 0 Å². The van der Waals surface area contributed by atoms with Crippen molar-refractivity contribution in [2.24, 2.45) is 23.7 Å². The van der Waals surface area contributed by atoms with Crippen molar-refractivity contribution in [2.75, 3.05) is 11.9 Å². The molecule has 2 aromatic carbocycles. The first-order valence-electron chi connectivity index (χ1n) is 10.5. The molecule has 3 aliphatic rings. The number of benzene rings is 2. The summed E-state index contributed by atoms with van der Waals surface area (Å²) in [5.41, 5.74) is 2.65. The number of fused-ring (bicyclic) bond motifs is 5. The number of imide groups is 1. The summed E-state index contributed by atoms with van der Waals surface area (Å²) in [5.74, 6) is -0.631. The monoisotopic (exact) mass is 500 g/mol. The van der Waals surface area contributed by atoms with Crippen molar-refractivity contribution in [3.05, 3.63) is 63.1 Å². The zero-order valence-corrected chi connectivity index (χ0v) is 19.3. The van der Waals surface area contributed by atoms with Crippen LogP contribution >= 0.6 is 27.5 Å². The summed E-state index contributed by atoms with van der Waals surface area (Å²) in [6, 6.07) is 13.7. The van der Waals surface area contributed by atoms with Crippen LogP contribution in [0.2, 0.25) is 5.02 Å². The zero-order valence-electron chi connectivity index (χ0n) is 17.0. The van der Waals surface area contributed by atoms with Gasteiger partial charge in [0, 0.05) is 10.2 Å². The Morgan fingerprint density at radius 1 is 1.13 bits per heavy atom. The Morgan fingerprint density at radius 3 is 2.58 bits per heavy atom. The standard InChI is InChI=1S/C24H22BrClN2O3/c1-12-7-17(25)18(26)10-19(12)27-20(29)11-28-23(30)21-14-8-15(13-5-3-2-4-6-13)16(9-14)22(21)24(28)31/h2-7,10,14-16,21-22H,8-9,11H2,1H3,(H,27,29)/t14-,15+,16-,21-,22+/m1/s1. The first-order valence-corrected chi connectivity index (χ1v) is 11.7. The van der Waals surface area contributed by atoms with Gasteiger partial charge in [-0.2, -0.15) is 0 Å². The van der Waals surface area contributed by atoms with E-state index in [1.165, 1.54) is 10.5 Å². The topological polar surface area (TPSA) is 66.5 Å². The van der Waals surface area contributed by atoms with Crippen molar-refractivity contribution in [1.29, 1.82) is 0 Å². The molecule has 2 bridgehead atoms. The minimum atomic E-state index is -0.393. The summed E-state index contributed by atoms with van der Waals surface area (Å²) in [6.45, 7) is 1.60. The van der Waals surface area contributed by atoms with E-state index in [1.54, 1.807) is 6.07 Å². The van der Waals surface area contributed by atoms with Crippen LogP contribution in [0.4, 0.5) is 5.69 Å². The number of nitrogens with one attached hydrogen (secondary N) is 1. The van der Waals surface area contributed by atoms with Gasteiger partial charge in [0.25, 0.3) is 0 Å². The van der Waals surface area contributed by atoms with Gasteiger partial charge in [0.15, 0.2) is 0 Å². The fraction of sp³-hybridized carbons (Fsp3) is 0.375. The molecule has 5 atom stereocenters. The molecule has 0 aromatic heterocycles. The molecule has 2 aliphatic carbocycles. The maximum atomic E-state index is 13.2. The summed E-state index contributed by atoms with van der Waals surface area (Å²) in [4.78, 5) is 40.2. The molecule has 0 radical (unpaired) electrons. The third-order valence-electron chi connectivity index (χ3n) is 7.18. The van der Waals surface area contributed by atoms with E-state index in [4.69, 9.17) is 11.6 Å². The summed E-state index contributed by atoms with van der Waals surface area (Å²) >= 11 is 9.49. The van der Waals surface area contributed by atoms with Crippen molar-refractivity contribution in [3.63, 3.8) is 0 Å². The number of aryl methyl sites for hydroxylation is 1. The average molecular weight is 502 g/mol. The van der Waals surface area contributed by atoms with Crippen LogP contribution < -0.4 is 5.32 Å². The number of amides is 3. The van der Waals surface area contributed by atoms with Gasteiger partial charge in [0.2, 0.25) is 17.7 Å². The molecule has 3 fully saturated rings. The van der Waals surface area contributed by atoms with E-state index in [-0.39, 0.29) is 42.0 Å². The Balaban J connectivity index is 1.32. The number of carbonyl (C=O) groups excluding carboxylic acids is 3. The Bertz CT molecular complexity index is 1090. The molecule has 1 heterocycles. The van der Waals surface area contributed by atoms with Crippen LogP contribution in [-0.2, 0) is 14.4 Å². The molecule has 31 heavy (non-hydrogen) atoms. The van der Waals surface area contributed by atoms with Gasteiger partial charge in [0.05, 0.1) is 16.9 Å². The minimum Gasteiger partial charge on any atom is -0.324 e. The smallest absolute Gasteiger partial charge is 0.244 e. The molecule has 0 unspecified atom stereocenters. The number of halogens is 2. The number of anilines is 1. The lowest BCUT2D eigenvalue weighted by molar-refractivity contribution is -0.143. The molecule has 160 valence electrons. The molecule has 2 saturated carbocycles. The van der Waals surface area contributed by atoms with E-state index in [2.05, 4.69) is 33.4 Å². The van der Waals surface area contributed by atoms with Crippen LogP contribution in [0, 0.1) is 30.6 Å². The fourth-order valence-corrected chi connectivity index (χ4v) is 6.50. The highest BCUT2D eigenvalue weighted by Gasteiger charge is 2.63. The highest BCUT2D eigenvalue weighted by Crippen LogP contribution is 2.61. The molecule has 2 aromatic rings. The van der Waals surface area contributed by atoms with E-state index in [0.29, 0.717) is 16.6 Å². The lowest BCUT2D eigenvalue weighted by Crippen LogP contribution is -2.39. The maximum absolute atomic E-state index is 13.2. The predicted molar refractivity (Wildman–Crippen MR) is 122 cm³/mol. The molecule has 1 aliphatic heterocycles. The molecular weight excluding hydrogens is 480 g/mol. The van der Waals surface area contributed by atoms with Gasteiger partial charge in [-0.15, -0.1) is 0 Å². The van der Waals surface area contributed by atoms with Gasteiger partial charge in [-0.05, 0) is 76.7 Å². The van der Waals surface area contributed by atoms with Crippen molar-refractivity contribution in [2.45, 2.75) is 25.7 Å². The van der Waals surface area contributed by atoms with Crippen LogP contribution in [0.15, 0.2) is 46.9 Å². The molecule has 3 amide bonds. The van der Waals surface area contributed by atoms with Crippen molar-refractivity contribution in [3.8, 4) is 0 Å². The fourth-order valence-electron chi connectivity index (χ4n) is 5.87. The quantitative estimate of drug-likeness (QED) is 0.614. The van der Waals surface area contributed by atoms with Gasteiger partial charge in [0.1, 0.15) is 6.54 Å². The molecule has 1 N–H and O–H groups in total. The summed E-state index contributed by atoms with van der Waals surface area (Å²) in [6.07, 6.45) is 1.86. The Labute approximate surface area is 194 Å². The predicted octanol–water partition coefficient (Wildman–Crippen LogP) is 4.77. The third-order valence-corrected chi connectivity index (χ3v) is 8.37. The second kappa shape index (κ2) is 7.75. The first-order chi connectivity index (χ1) is 14.8. The number of hydrogen-bond acceptors (Lipinski definition) is 3. The summed E-state index contributed by atoms with van der Waals surface area (Å²) < 4.78 is 0.742. The molecule has 0 spiro atoms. The molecular formula is C24H22BrClN2O3. The van der Waals surface area contributed by atoms with Crippen molar-refractivity contribution in [1.82, 2.24) is 4.90 Å². The lowest BCUT2D eigenvalue weighted by atomic mass is 9.73. The van der Waals surface area contributed by atoms with Crippen LogP contribution in [-0.4, -0.2) is 29.2 Å². The normalized spacial score (nSPS) is 28.9. The Hall–Kier alpha value is -2.18. The van der Waals surface area contributed by atoms with Gasteiger partial charge < -0.3 is 5.32 Å². The number of carbonyl (C=O) groups is 3. The Kier molecular flexibility index (Phi) is 5.18. The largest absolute Gasteiger partial charge is 0.324 e. The molecule has 1 saturated heterocycles. The number of nitrogens with zero attached hydrogens (tertiary/aromatic N) is 1. The van der Waals surface area contributed by atoms with E-state index >= 15 is 0 Å². The van der Waals surface area contributed by atoms with Gasteiger partial charge in [-0.25, -0.2) is 0 Å². The zero-order chi connectivity index (χ0) is 21.9. The highest BCUT2D eigenvalue weighted by molar-refractivity contribution is 9.10. The van der Waals surface area contributed by atoms with Crippen molar-refractivity contribution < 1.29 is 14.4 Å². The van der Waals surface area contributed by atoms with E-state index in [1.807, 2.05) is 31.2 Å². The van der Waals surface area contributed by atoms with E-state index in [9.17, 15) is 14.4 Å². The lowest BCUT2D eigenvalue weighted by Gasteiger charge is -2.28. The van der Waals surface area contributed by atoms with Crippen LogP contribution in [0.5, 0.6) is 0 Å². The van der Waals surface area contributed by atoms with E-state index < -0.39 is 5.91 Å². The number of hydrogen-bond donors (Lipinski definition) is 1. The average Bonchev–Trinajstić information content (AvgIpc) is 3.40. The Morgan fingerprint density at radius 2 is 1.84 bits per heavy atom. The maximum Gasteiger partial charge on any atom is 0.244 e.